The van der Waals surface area contributed by atoms with Gasteiger partial charge in [-0.1, -0.05) is 0 Å². The molecule has 0 spiro atoms. The number of nitrogens with one attached hydrogen (secondary N) is 1. The van der Waals surface area contributed by atoms with Gasteiger partial charge in [-0.3, -0.25) is 4.79 Å². The molecule has 0 bridgehead atoms. The topological polar surface area (TPSA) is 49.3 Å². The van der Waals surface area contributed by atoms with Crippen LogP contribution >= 0.6 is 0 Å². The third-order valence-corrected chi connectivity index (χ3v) is 1.68. The second-order valence-corrected chi connectivity index (χ2v) is 3.41. The first-order valence-corrected chi connectivity index (χ1v) is 4.40. The van der Waals surface area contributed by atoms with Crippen LogP contribution in [0.25, 0.3) is 0 Å². The Morgan fingerprint density at radius 3 is 2.47 bits per heavy atom. The van der Waals surface area contributed by atoms with E-state index < -0.39 is 28.9 Å². The van der Waals surface area contributed by atoms with Gasteiger partial charge in [0.2, 0.25) is 0 Å². The zero-order valence-electron chi connectivity index (χ0n) is 8.34. The van der Waals surface area contributed by atoms with Gasteiger partial charge >= 0.3 is 0 Å². The molecule has 0 atom stereocenters. The van der Waals surface area contributed by atoms with Gasteiger partial charge in [0.05, 0.1) is 0 Å². The van der Waals surface area contributed by atoms with Crippen molar-refractivity contribution in [2.24, 2.45) is 0 Å². The summed E-state index contributed by atoms with van der Waals surface area (Å²) in [6.07, 6.45) is 0. The van der Waals surface area contributed by atoms with E-state index in [1.54, 1.807) is 13.8 Å². The predicted octanol–water partition coefficient (Wildman–Crippen LogP) is 1.81. The molecular formula is C10H11F2NO2. The molecular weight excluding hydrogens is 204 g/mol. The van der Waals surface area contributed by atoms with E-state index in [9.17, 15) is 18.7 Å². The molecule has 0 fully saturated rings. The van der Waals surface area contributed by atoms with Crippen molar-refractivity contribution in [1.29, 1.82) is 0 Å². The number of benzene rings is 1. The molecule has 0 aromatic heterocycles. The van der Waals surface area contributed by atoms with E-state index >= 15 is 0 Å². The molecule has 15 heavy (non-hydrogen) atoms. The standard InChI is InChI=1S/C10H11F2NO2/c1-5(2)13-10(15)9-7(12)3-6(11)4-8(9)14/h3-5,14H,1-2H3,(H,13,15). The third-order valence-electron chi connectivity index (χ3n) is 1.68. The van der Waals surface area contributed by atoms with E-state index in [1.165, 1.54) is 0 Å². The third kappa shape index (κ3) is 2.65. The van der Waals surface area contributed by atoms with Gasteiger partial charge in [-0.15, -0.1) is 0 Å². The number of amides is 1. The molecule has 1 amide bonds. The highest BCUT2D eigenvalue weighted by atomic mass is 19.1. The lowest BCUT2D eigenvalue weighted by molar-refractivity contribution is 0.0936. The number of halogens is 2. The summed E-state index contributed by atoms with van der Waals surface area (Å²) >= 11 is 0. The van der Waals surface area contributed by atoms with Crippen molar-refractivity contribution in [3.8, 4) is 5.75 Å². The van der Waals surface area contributed by atoms with Crippen LogP contribution in [0.15, 0.2) is 12.1 Å². The Balaban J connectivity index is 3.09. The maximum atomic E-state index is 13.2. The second-order valence-electron chi connectivity index (χ2n) is 3.41. The van der Waals surface area contributed by atoms with E-state index in [0.29, 0.717) is 12.1 Å². The molecule has 1 aromatic carbocycles. The Hall–Kier alpha value is -1.65. The summed E-state index contributed by atoms with van der Waals surface area (Å²) < 4.78 is 25.8. The minimum atomic E-state index is -1.08. The summed E-state index contributed by atoms with van der Waals surface area (Å²) in [7, 11) is 0. The van der Waals surface area contributed by atoms with Crippen molar-refractivity contribution in [3.05, 3.63) is 29.3 Å². The van der Waals surface area contributed by atoms with Crippen LogP contribution in [0.5, 0.6) is 5.75 Å². The van der Waals surface area contributed by atoms with Crippen LogP contribution in [0.4, 0.5) is 8.78 Å². The van der Waals surface area contributed by atoms with Crippen molar-refractivity contribution < 1.29 is 18.7 Å². The summed E-state index contributed by atoms with van der Waals surface area (Å²) in [4.78, 5) is 11.4. The molecule has 0 saturated heterocycles. The van der Waals surface area contributed by atoms with Crippen LogP contribution < -0.4 is 5.32 Å². The fourth-order valence-corrected chi connectivity index (χ4v) is 1.12. The average molecular weight is 215 g/mol. The number of carbonyl (C=O) groups is 1. The van der Waals surface area contributed by atoms with Crippen molar-refractivity contribution in [3.63, 3.8) is 0 Å². The van der Waals surface area contributed by atoms with Crippen LogP contribution in [0, 0.1) is 11.6 Å². The van der Waals surface area contributed by atoms with E-state index in [2.05, 4.69) is 5.32 Å². The summed E-state index contributed by atoms with van der Waals surface area (Å²) in [5.41, 5.74) is -0.537. The summed E-state index contributed by atoms with van der Waals surface area (Å²) in [6.45, 7) is 3.38. The van der Waals surface area contributed by atoms with Crippen LogP contribution in [0.1, 0.15) is 24.2 Å². The van der Waals surface area contributed by atoms with E-state index in [-0.39, 0.29) is 6.04 Å². The maximum Gasteiger partial charge on any atom is 0.258 e. The Kier molecular flexibility index (Phi) is 3.24. The highest BCUT2D eigenvalue weighted by Crippen LogP contribution is 2.21. The monoisotopic (exact) mass is 215 g/mol. The van der Waals surface area contributed by atoms with E-state index in [1.807, 2.05) is 0 Å². The van der Waals surface area contributed by atoms with Crippen LogP contribution in [-0.4, -0.2) is 17.1 Å². The predicted molar refractivity (Wildman–Crippen MR) is 50.6 cm³/mol. The molecule has 0 heterocycles. The van der Waals surface area contributed by atoms with Gasteiger partial charge in [-0.25, -0.2) is 8.78 Å². The Morgan fingerprint density at radius 2 is 2.00 bits per heavy atom. The first kappa shape index (κ1) is 11.4. The second kappa shape index (κ2) is 4.25. The first-order valence-electron chi connectivity index (χ1n) is 4.40. The lowest BCUT2D eigenvalue weighted by atomic mass is 10.1. The molecule has 5 heteroatoms. The van der Waals surface area contributed by atoms with Gasteiger partial charge in [0.25, 0.3) is 5.91 Å². The van der Waals surface area contributed by atoms with Gasteiger partial charge in [-0.2, -0.15) is 0 Å². The minimum absolute atomic E-state index is 0.193. The summed E-state index contributed by atoms with van der Waals surface area (Å²) in [5.74, 6) is -3.47. The van der Waals surface area contributed by atoms with Crippen LogP contribution in [0.3, 0.4) is 0 Å². The van der Waals surface area contributed by atoms with Gasteiger partial charge in [-0.05, 0) is 13.8 Å². The molecule has 0 aliphatic carbocycles. The van der Waals surface area contributed by atoms with Gasteiger partial charge in [0.15, 0.2) is 0 Å². The molecule has 3 nitrogen and oxygen atoms in total. The minimum Gasteiger partial charge on any atom is -0.507 e. The largest absolute Gasteiger partial charge is 0.507 e. The maximum absolute atomic E-state index is 13.2. The molecule has 0 aliphatic rings. The van der Waals surface area contributed by atoms with E-state index in [0.717, 1.165) is 0 Å². The van der Waals surface area contributed by atoms with Crippen molar-refractivity contribution in [1.82, 2.24) is 5.32 Å². The zero-order chi connectivity index (χ0) is 11.6. The Morgan fingerprint density at radius 1 is 1.40 bits per heavy atom. The number of aromatic hydroxyl groups is 1. The smallest absolute Gasteiger partial charge is 0.258 e. The highest BCUT2D eigenvalue weighted by molar-refractivity contribution is 5.97. The number of rotatable bonds is 2. The fourth-order valence-electron chi connectivity index (χ4n) is 1.12. The Bertz CT molecular complexity index is 368. The molecule has 2 N–H and O–H groups in total. The number of hydrogen-bond acceptors (Lipinski definition) is 2. The molecule has 0 radical (unpaired) electrons. The lowest BCUT2D eigenvalue weighted by Crippen LogP contribution is -2.30. The summed E-state index contributed by atoms with van der Waals surface area (Å²) in [5, 5.41) is 11.6. The van der Waals surface area contributed by atoms with Gasteiger partial charge in [0, 0.05) is 18.2 Å². The molecule has 82 valence electrons. The highest BCUT2D eigenvalue weighted by Gasteiger charge is 2.18. The van der Waals surface area contributed by atoms with Gasteiger partial charge in [0.1, 0.15) is 22.9 Å². The quantitative estimate of drug-likeness (QED) is 0.790. The normalized spacial score (nSPS) is 10.5. The molecule has 1 aromatic rings. The number of phenols is 1. The molecule has 1 rings (SSSR count). The number of phenolic OH excluding ortho intramolecular Hbond substituents is 1. The number of hydrogen-bond donors (Lipinski definition) is 2. The van der Waals surface area contributed by atoms with Crippen molar-refractivity contribution in [2.75, 3.05) is 0 Å². The van der Waals surface area contributed by atoms with E-state index in [4.69, 9.17) is 0 Å². The lowest BCUT2D eigenvalue weighted by Gasteiger charge is -2.10. The molecule has 0 saturated carbocycles. The SMILES string of the molecule is CC(C)NC(=O)c1c(O)cc(F)cc1F. The molecule has 0 aliphatic heterocycles. The Labute approximate surface area is 85.7 Å². The fraction of sp³-hybridized carbons (Fsp3) is 0.300. The van der Waals surface area contributed by atoms with Crippen molar-refractivity contribution in [2.45, 2.75) is 19.9 Å². The molecule has 0 unspecified atom stereocenters. The van der Waals surface area contributed by atoms with Gasteiger partial charge < -0.3 is 10.4 Å². The number of carbonyl (C=O) groups excluding carboxylic acids is 1. The van der Waals surface area contributed by atoms with Crippen LogP contribution in [-0.2, 0) is 0 Å². The summed E-state index contributed by atoms with van der Waals surface area (Å²) in [6, 6.07) is 1.05. The van der Waals surface area contributed by atoms with Crippen LogP contribution in [0.2, 0.25) is 0 Å². The average Bonchev–Trinajstić information content (AvgIpc) is 1.99. The first-order chi connectivity index (χ1) is 6.91. The zero-order valence-corrected chi connectivity index (χ0v) is 8.34. The van der Waals surface area contributed by atoms with Crippen molar-refractivity contribution >= 4 is 5.91 Å².